The number of halogens is 1. The summed E-state index contributed by atoms with van der Waals surface area (Å²) in [6, 6.07) is 16.4. The van der Waals surface area contributed by atoms with Gasteiger partial charge in [0.2, 0.25) is 10.0 Å². The first-order valence-electron chi connectivity index (χ1n) is 10.4. The van der Waals surface area contributed by atoms with E-state index < -0.39 is 10.0 Å². The van der Waals surface area contributed by atoms with Gasteiger partial charge in [0.1, 0.15) is 5.15 Å². The van der Waals surface area contributed by atoms with E-state index in [4.69, 9.17) is 11.6 Å². The van der Waals surface area contributed by atoms with Gasteiger partial charge in [-0.2, -0.15) is 9.40 Å². The number of benzene rings is 2. The van der Waals surface area contributed by atoms with Crippen LogP contribution in [0.15, 0.2) is 59.5 Å². The number of piperazine rings is 1. The highest BCUT2D eigenvalue weighted by atomic mass is 35.5. The largest absolute Gasteiger partial charge is 0.336 e. The SMILES string of the molecule is Cc1ccc(Cn2nc(C)c(C(=O)N3CCN(S(=O)(=O)c4ccccc4)CC3)c2Cl)cc1. The molecule has 2 aromatic carbocycles. The quantitative estimate of drug-likeness (QED) is 0.570. The smallest absolute Gasteiger partial charge is 0.258 e. The van der Waals surface area contributed by atoms with Crippen molar-refractivity contribution in [1.29, 1.82) is 0 Å². The molecule has 0 unspecified atom stereocenters. The molecule has 1 saturated heterocycles. The molecule has 0 saturated carbocycles. The molecule has 0 aliphatic carbocycles. The summed E-state index contributed by atoms with van der Waals surface area (Å²) in [6.07, 6.45) is 0. The minimum atomic E-state index is -3.57. The number of carbonyl (C=O) groups is 1. The van der Waals surface area contributed by atoms with E-state index in [9.17, 15) is 13.2 Å². The number of aryl methyl sites for hydroxylation is 2. The Balaban J connectivity index is 1.46. The fourth-order valence-electron chi connectivity index (χ4n) is 3.80. The first kappa shape index (κ1) is 22.5. The average Bonchev–Trinajstić information content (AvgIpc) is 3.08. The Morgan fingerprint density at radius 2 is 1.59 bits per heavy atom. The van der Waals surface area contributed by atoms with Gasteiger partial charge in [-0.15, -0.1) is 0 Å². The van der Waals surface area contributed by atoms with Crippen molar-refractivity contribution in [3.63, 3.8) is 0 Å². The van der Waals surface area contributed by atoms with Crippen LogP contribution in [0.3, 0.4) is 0 Å². The maximum Gasteiger partial charge on any atom is 0.258 e. The molecule has 9 heteroatoms. The molecule has 168 valence electrons. The van der Waals surface area contributed by atoms with Crippen LogP contribution in [-0.4, -0.2) is 59.5 Å². The van der Waals surface area contributed by atoms with Crippen LogP contribution in [0, 0.1) is 13.8 Å². The van der Waals surface area contributed by atoms with Gasteiger partial charge in [0.05, 0.1) is 22.7 Å². The topological polar surface area (TPSA) is 75.5 Å². The van der Waals surface area contributed by atoms with Gasteiger partial charge in [-0.1, -0.05) is 59.6 Å². The number of rotatable bonds is 5. The molecule has 7 nitrogen and oxygen atoms in total. The maximum absolute atomic E-state index is 13.2. The van der Waals surface area contributed by atoms with Crippen molar-refractivity contribution in [2.45, 2.75) is 25.3 Å². The molecule has 1 aromatic heterocycles. The highest BCUT2D eigenvalue weighted by molar-refractivity contribution is 7.89. The third-order valence-electron chi connectivity index (χ3n) is 5.64. The van der Waals surface area contributed by atoms with Gasteiger partial charge in [0, 0.05) is 26.2 Å². The summed E-state index contributed by atoms with van der Waals surface area (Å²) < 4.78 is 28.7. The summed E-state index contributed by atoms with van der Waals surface area (Å²) in [5.41, 5.74) is 3.14. The summed E-state index contributed by atoms with van der Waals surface area (Å²) >= 11 is 6.55. The molecule has 0 radical (unpaired) electrons. The molecule has 1 aliphatic heterocycles. The van der Waals surface area contributed by atoms with Crippen molar-refractivity contribution in [2.75, 3.05) is 26.2 Å². The Bertz CT molecular complexity index is 1220. The molecular weight excluding hydrogens is 448 g/mol. The Labute approximate surface area is 193 Å². The van der Waals surface area contributed by atoms with Crippen molar-refractivity contribution in [3.05, 3.63) is 82.1 Å². The first-order valence-corrected chi connectivity index (χ1v) is 12.2. The van der Waals surface area contributed by atoms with E-state index in [0.29, 0.717) is 36.0 Å². The number of hydrogen-bond acceptors (Lipinski definition) is 4. The molecule has 0 bridgehead atoms. The van der Waals surface area contributed by atoms with Crippen LogP contribution in [0.5, 0.6) is 0 Å². The molecule has 3 aromatic rings. The fraction of sp³-hybridized carbons (Fsp3) is 0.304. The van der Waals surface area contributed by atoms with Gasteiger partial charge in [-0.25, -0.2) is 13.1 Å². The van der Waals surface area contributed by atoms with E-state index in [2.05, 4.69) is 5.10 Å². The number of aromatic nitrogens is 2. The van der Waals surface area contributed by atoms with E-state index in [-0.39, 0.29) is 23.9 Å². The summed E-state index contributed by atoms with van der Waals surface area (Å²) in [7, 11) is -3.57. The number of amides is 1. The lowest BCUT2D eigenvalue weighted by atomic mass is 10.1. The third-order valence-corrected chi connectivity index (χ3v) is 7.94. The first-order chi connectivity index (χ1) is 15.3. The second kappa shape index (κ2) is 9.05. The normalized spacial score (nSPS) is 15.2. The van der Waals surface area contributed by atoms with Crippen molar-refractivity contribution < 1.29 is 13.2 Å². The predicted molar refractivity (Wildman–Crippen MR) is 123 cm³/mol. The highest BCUT2D eigenvalue weighted by Crippen LogP contribution is 2.24. The predicted octanol–water partition coefficient (Wildman–Crippen LogP) is 3.35. The van der Waals surface area contributed by atoms with E-state index in [0.717, 1.165) is 5.56 Å². The average molecular weight is 473 g/mol. The van der Waals surface area contributed by atoms with Crippen LogP contribution in [0.1, 0.15) is 27.2 Å². The standard InChI is InChI=1S/C23H25ClN4O3S/c1-17-8-10-19(11-9-17)16-28-22(24)21(18(2)25-28)23(29)26-12-14-27(15-13-26)32(30,31)20-6-4-3-5-7-20/h3-11H,12-16H2,1-2H3. The lowest BCUT2D eigenvalue weighted by Gasteiger charge is -2.34. The van der Waals surface area contributed by atoms with E-state index in [1.54, 1.807) is 46.8 Å². The summed E-state index contributed by atoms with van der Waals surface area (Å²) in [4.78, 5) is 15.1. The van der Waals surface area contributed by atoms with Gasteiger partial charge in [0.15, 0.2) is 0 Å². The van der Waals surface area contributed by atoms with E-state index in [1.807, 2.05) is 31.2 Å². The second-order valence-corrected chi connectivity index (χ2v) is 10.2. The maximum atomic E-state index is 13.2. The van der Waals surface area contributed by atoms with Gasteiger partial charge in [0.25, 0.3) is 5.91 Å². The lowest BCUT2D eigenvalue weighted by Crippen LogP contribution is -2.50. The monoisotopic (exact) mass is 472 g/mol. The van der Waals surface area contributed by atoms with Gasteiger partial charge in [-0.3, -0.25) is 4.79 Å². The van der Waals surface area contributed by atoms with E-state index >= 15 is 0 Å². The molecule has 1 amide bonds. The van der Waals surface area contributed by atoms with Crippen LogP contribution in [0.2, 0.25) is 5.15 Å². The van der Waals surface area contributed by atoms with Crippen molar-refractivity contribution in [1.82, 2.24) is 19.0 Å². The number of nitrogens with zero attached hydrogens (tertiary/aromatic N) is 4. The zero-order valence-electron chi connectivity index (χ0n) is 18.0. The molecule has 1 fully saturated rings. The van der Waals surface area contributed by atoms with Gasteiger partial charge in [-0.05, 0) is 31.5 Å². The number of hydrogen-bond donors (Lipinski definition) is 0. The molecule has 2 heterocycles. The van der Waals surface area contributed by atoms with Crippen LogP contribution >= 0.6 is 11.6 Å². The Hall–Kier alpha value is -2.68. The molecule has 1 aliphatic rings. The molecule has 0 N–H and O–H groups in total. The molecule has 0 atom stereocenters. The minimum absolute atomic E-state index is 0.223. The van der Waals surface area contributed by atoms with Crippen LogP contribution < -0.4 is 0 Å². The summed E-state index contributed by atoms with van der Waals surface area (Å²) in [5.74, 6) is -0.223. The summed E-state index contributed by atoms with van der Waals surface area (Å²) in [6.45, 7) is 5.31. The molecule has 32 heavy (non-hydrogen) atoms. The second-order valence-electron chi connectivity index (χ2n) is 7.90. The molecule has 0 spiro atoms. The minimum Gasteiger partial charge on any atom is -0.336 e. The Morgan fingerprint density at radius 3 is 2.22 bits per heavy atom. The zero-order chi connectivity index (χ0) is 22.9. The van der Waals surface area contributed by atoms with Gasteiger partial charge >= 0.3 is 0 Å². The van der Waals surface area contributed by atoms with Crippen molar-refractivity contribution in [2.24, 2.45) is 0 Å². The highest BCUT2D eigenvalue weighted by Gasteiger charge is 2.32. The lowest BCUT2D eigenvalue weighted by molar-refractivity contribution is 0.0697. The zero-order valence-corrected chi connectivity index (χ0v) is 19.6. The Kier molecular flexibility index (Phi) is 6.37. The van der Waals surface area contributed by atoms with Crippen LogP contribution in [-0.2, 0) is 16.6 Å². The third kappa shape index (κ3) is 4.44. The van der Waals surface area contributed by atoms with Crippen LogP contribution in [0.25, 0.3) is 0 Å². The van der Waals surface area contributed by atoms with E-state index in [1.165, 1.54) is 9.87 Å². The number of carbonyl (C=O) groups excluding carboxylic acids is 1. The fourth-order valence-corrected chi connectivity index (χ4v) is 5.56. The van der Waals surface area contributed by atoms with Gasteiger partial charge < -0.3 is 4.90 Å². The number of sulfonamides is 1. The molecule has 4 rings (SSSR count). The molecular formula is C23H25ClN4O3S. The Morgan fingerprint density at radius 1 is 0.969 bits per heavy atom. The van der Waals surface area contributed by atoms with Crippen molar-refractivity contribution in [3.8, 4) is 0 Å². The summed E-state index contributed by atoms with van der Waals surface area (Å²) in [5, 5.41) is 4.77. The van der Waals surface area contributed by atoms with Crippen LogP contribution in [0.4, 0.5) is 0 Å². The van der Waals surface area contributed by atoms with Crippen molar-refractivity contribution >= 4 is 27.5 Å².